The molecule has 0 radical (unpaired) electrons. The number of allylic oxidation sites excluding steroid dienone is 3. The van der Waals surface area contributed by atoms with E-state index in [1.807, 2.05) is 36.9 Å². The van der Waals surface area contributed by atoms with Crippen molar-refractivity contribution >= 4 is 11.9 Å². The summed E-state index contributed by atoms with van der Waals surface area (Å²) in [4.78, 5) is 29.5. The van der Waals surface area contributed by atoms with Crippen LogP contribution in [0.15, 0.2) is 48.0 Å². The largest absolute Gasteiger partial charge is 0.459 e. The van der Waals surface area contributed by atoms with Crippen molar-refractivity contribution in [1.29, 1.82) is 0 Å². The number of aliphatic hydroxyl groups excluding tert-OH is 2. The van der Waals surface area contributed by atoms with E-state index in [1.54, 1.807) is 13.4 Å². The van der Waals surface area contributed by atoms with Gasteiger partial charge < -0.3 is 43.2 Å². The summed E-state index contributed by atoms with van der Waals surface area (Å²) in [7, 11) is 3.44. The van der Waals surface area contributed by atoms with Crippen molar-refractivity contribution in [3.8, 4) is 0 Å². The minimum Gasteiger partial charge on any atom is -0.459 e. The van der Waals surface area contributed by atoms with Gasteiger partial charge in [-0.25, -0.2) is 4.98 Å². The van der Waals surface area contributed by atoms with Gasteiger partial charge in [-0.05, 0) is 62.5 Å². The number of carbonyl (C=O) groups excluding carboxylic acids is 2. The highest BCUT2D eigenvalue weighted by molar-refractivity contribution is 5.70. The molecule has 0 spiro atoms. The highest BCUT2D eigenvalue weighted by atomic mass is 16.7. The SMILES string of the molecule is CO[C@]12C=C[C@](C)(O1)[C@@H](OC(=O)CCc1cn(C)cn1)C[C@H]1C(C)=CC[C@H](C(C)C)[C@H]1/C=C\2CO[C@@H]1OC[C@@H](O)[C@@H](O)[C@@H]1OC(C)=O. The van der Waals surface area contributed by atoms with Gasteiger partial charge in [0.1, 0.15) is 23.9 Å². The lowest BCUT2D eigenvalue weighted by molar-refractivity contribution is -0.277. The molecule has 0 aromatic carbocycles. The number of hydrogen-bond acceptors (Lipinski definition) is 11. The van der Waals surface area contributed by atoms with Crippen molar-refractivity contribution in [3.63, 3.8) is 0 Å². The Kier molecular flexibility index (Phi) is 10.8. The smallest absolute Gasteiger partial charge is 0.306 e. The van der Waals surface area contributed by atoms with Gasteiger partial charge in [-0.2, -0.15) is 0 Å². The maximum atomic E-state index is 13.4. The molecule has 4 aliphatic rings. The molecule has 0 unspecified atom stereocenters. The summed E-state index contributed by atoms with van der Waals surface area (Å²) in [5, 5.41) is 20.8. The number of methoxy groups -OCH3 is 1. The molecule has 1 aliphatic carbocycles. The number of rotatable bonds is 10. The maximum absolute atomic E-state index is 13.4. The molecule has 1 aromatic heterocycles. The van der Waals surface area contributed by atoms with Gasteiger partial charge in [0.25, 0.3) is 0 Å². The van der Waals surface area contributed by atoms with Gasteiger partial charge in [0, 0.05) is 39.3 Å². The van der Waals surface area contributed by atoms with E-state index in [9.17, 15) is 19.8 Å². The Balaban J connectivity index is 1.47. The number of aryl methyl sites for hydroxylation is 2. The Hall–Kier alpha value is -2.87. The number of imidazole rings is 1. The highest BCUT2D eigenvalue weighted by Gasteiger charge is 2.54. The number of hydrogen-bond donors (Lipinski definition) is 2. The number of carbonyl (C=O) groups is 2. The first kappa shape index (κ1) is 35.4. The van der Waals surface area contributed by atoms with Gasteiger partial charge in [0.15, 0.2) is 12.4 Å². The van der Waals surface area contributed by atoms with Crippen LogP contribution in [0.2, 0.25) is 0 Å². The molecule has 12 nitrogen and oxygen atoms in total. The summed E-state index contributed by atoms with van der Waals surface area (Å²) >= 11 is 0. The number of ether oxygens (including phenoxy) is 6. The van der Waals surface area contributed by atoms with E-state index in [-0.39, 0.29) is 43.4 Å². The maximum Gasteiger partial charge on any atom is 0.306 e. The number of aliphatic hydroxyl groups is 2. The molecule has 1 saturated heterocycles. The average molecular weight is 659 g/mol. The van der Waals surface area contributed by atoms with Crippen molar-refractivity contribution in [2.75, 3.05) is 20.3 Å². The fraction of sp³-hybridized carbons (Fsp3) is 0.686. The second-order valence-corrected chi connectivity index (χ2v) is 13.8. The molecule has 4 heterocycles. The molecule has 1 aromatic rings. The summed E-state index contributed by atoms with van der Waals surface area (Å²) in [6.07, 6.45) is 8.26. The van der Waals surface area contributed by atoms with E-state index >= 15 is 0 Å². The molecule has 2 N–H and O–H groups in total. The molecule has 2 bridgehead atoms. The molecule has 5 rings (SSSR count). The van der Waals surface area contributed by atoms with Gasteiger partial charge in [-0.15, -0.1) is 0 Å². The van der Waals surface area contributed by atoms with Gasteiger partial charge in [0.05, 0.1) is 31.7 Å². The third kappa shape index (κ3) is 7.58. The van der Waals surface area contributed by atoms with Crippen LogP contribution in [0.5, 0.6) is 0 Å². The fourth-order valence-corrected chi connectivity index (χ4v) is 7.36. The fourth-order valence-electron chi connectivity index (χ4n) is 7.36. The summed E-state index contributed by atoms with van der Waals surface area (Å²) in [5.74, 6) is -1.63. The predicted octanol–water partition coefficient (Wildman–Crippen LogP) is 3.16. The zero-order chi connectivity index (χ0) is 34.1. The minimum atomic E-state index is -1.39. The van der Waals surface area contributed by atoms with E-state index in [1.165, 1.54) is 12.5 Å². The lowest BCUT2D eigenvalue weighted by atomic mass is 9.65. The van der Waals surface area contributed by atoms with Crippen molar-refractivity contribution in [2.24, 2.45) is 30.7 Å². The lowest BCUT2D eigenvalue weighted by Gasteiger charge is -2.41. The predicted molar refractivity (Wildman–Crippen MR) is 169 cm³/mol. The minimum absolute atomic E-state index is 0.0317. The Morgan fingerprint density at radius 2 is 1.98 bits per heavy atom. The first-order chi connectivity index (χ1) is 22.2. The van der Waals surface area contributed by atoms with Crippen molar-refractivity contribution in [3.05, 3.63) is 53.7 Å². The first-order valence-corrected chi connectivity index (χ1v) is 16.5. The normalized spacial score (nSPS) is 38.0. The molecule has 10 atom stereocenters. The van der Waals surface area contributed by atoms with Gasteiger partial charge in [-0.1, -0.05) is 31.6 Å². The highest BCUT2D eigenvalue weighted by Crippen LogP contribution is 2.49. The van der Waals surface area contributed by atoms with Crippen LogP contribution >= 0.6 is 0 Å². The van der Waals surface area contributed by atoms with E-state index in [4.69, 9.17) is 28.4 Å². The Morgan fingerprint density at radius 1 is 1.21 bits per heavy atom. The standard InChI is InChI=1S/C35H50N2O10/c1-20(2)25-10-8-21(3)26-15-29(46-30(40)11-9-24-16-37(6)19-36-24)34(5)12-13-35(42-7,47-34)23(14-27(25)26)17-43-33-32(45-22(4)38)31(41)28(39)18-44-33/h8,12-14,16,19-20,25-29,31-33,39,41H,9-11,15,17-18H2,1-7H3/b23-14-/t25-,26+,27-,28-,29+,31-,32+,33-,34+,35-/m1/s1. The van der Waals surface area contributed by atoms with Gasteiger partial charge in [-0.3, -0.25) is 9.59 Å². The van der Waals surface area contributed by atoms with Gasteiger partial charge >= 0.3 is 11.9 Å². The number of aromatic nitrogens is 2. The monoisotopic (exact) mass is 658 g/mol. The van der Waals surface area contributed by atoms with Crippen LogP contribution in [0.1, 0.15) is 59.6 Å². The summed E-state index contributed by atoms with van der Waals surface area (Å²) < 4.78 is 38.3. The van der Waals surface area contributed by atoms with E-state index in [0.717, 1.165) is 12.1 Å². The molecule has 0 saturated carbocycles. The molecular formula is C35H50N2O10. The van der Waals surface area contributed by atoms with Crippen LogP contribution in [0.25, 0.3) is 0 Å². The second-order valence-electron chi connectivity index (χ2n) is 13.8. The van der Waals surface area contributed by atoms with Crippen LogP contribution in [0, 0.1) is 23.7 Å². The molecular weight excluding hydrogens is 608 g/mol. The average Bonchev–Trinajstić information content (AvgIpc) is 3.61. The molecule has 1 fully saturated rings. The third-order valence-corrected chi connectivity index (χ3v) is 10.1. The van der Waals surface area contributed by atoms with Crippen LogP contribution in [-0.2, 0) is 51.5 Å². The van der Waals surface area contributed by atoms with Crippen molar-refractivity contribution in [2.45, 2.75) is 102 Å². The van der Waals surface area contributed by atoms with Crippen molar-refractivity contribution in [1.82, 2.24) is 9.55 Å². The zero-order valence-corrected chi connectivity index (χ0v) is 28.5. The summed E-state index contributed by atoms with van der Waals surface area (Å²) in [5.41, 5.74) is 1.68. The Bertz CT molecular complexity index is 1390. The Labute approximate surface area is 276 Å². The van der Waals surface area contributed by atoms with E-state index < -0.39 is 48.1 Å². The van der Waals surface area contributed by atoms with Crippen LogP contribution in [-0.4, -0.2) is 94.1 Å². The first-order valence-electron chi connectivity index (χ1n) is 16.5. The quantitative estimate of drug-likeness (QED) is 0.282. The molecule has 47 heavy (non-hydrogen) atoms. The van der Waals surface area contributed by atoms with Crippen LogP contribution < -0.4 is 0 Å². The third-order valence-electron chi connectivity index (χ3n) is 10.1. The lowest BCUT2D eigenvalue weighted by Crippen LogP contribution is -2.55. The summed E-state index contributed by atoms with van der Waals surface area (Å²) in [6, 6.07) is 0. The zero-order valence-electron chi connectivity index (χ0n) is 28.5. The van der Waals surface area contributed by atoms with E-state index in [2.05, 4.69) is 37.9 Å². The van der Waals surface area contributed by atoms with Gasteiger partial charge in [0.2, 0.25) is 5.79 Å². The molecule has 12 heteroatoms. The Morgan fingerprint density at radius 3 is 2.64 bits per heavy atom. The molecule has 260 valence electrons. The van der Waals surface area contributed by atoms with Crippen molar-refractivity contribution < 1.29 is 48.2 Å². The number of nitrogens with zero attached hydrogens (tertiary/aromatic N) is 2. The second kappa shape index (κ2) is 14.3. The summed E-state index contributed by atoms with van der Waals surface area (Å²) in [6.45, 7) is 9.44. The topological polar surface area (TPSA) is 148 Å². The number of fused-ring (bicyclic) bond motifs is 3. The van der Waals surface area contributed by atoms with E-state index in [0.29, 0.717) is 24.3 Å². The molecule has 3 aliphatic heterocycles. The van der Waals surface area contributed by atoms with Crippen LogP contribution in [0.3, 0.4) is 0 Å². The molecule has 0 amide bonds. The number of esters is 2. The van der Waals surface area contributed by atoms with Crippen LogP contribution in [0.4, 0.5) is 0 Å².